The summed E-state index contributed by atoms with van der Waals surface area (Å²) in [5, 5.41) is 14.1. The molecule has 0 aliphatic heterocycles. The van der Waals surface area contributed by atoms with Gasteiger partial charge in [-0.15, -0.1) is 0 Å². The number of hydrogen-bond donors (Lipinski definition) is 1. The first-order valence-electron chi connectivity index (χ1n) is 6.88. The van der Waals surface area contributed by atoms with Crippen molar-refractivity contribution in [1.29, 1.82) is 0 Å². The minimum Gasteiger partial charge on any atom is -0.350 e. The summed E-state index contributed by atoms with van der Waals surface area (Å²) in [4.78, 5) is 10.3. The molecule has 0 spiro atoms. The molecule has 21 heavy (non-hydrogen) atoms. The average molecular weight is 352 g/mol. The number of halogens is 1. The minimum absolute atomic E-state index is 0.0996. The molecule has 0 saturated carbocycles. The van der Waals surface area contributed by atoms with Gasteiger partial charge < -0.3 is 9.88 Å². The van der Waals surface area contributed by atoms with E-state index < -0.39 is 0 Å². The van der Waals surface area contributed by atoms with Gasteiger partial charge in [-0.25, -0.2) is 0 Å². The number of aromatic nitrogens is 1. The monoisotopic (exact) mass is 351 g/mol. The first-order valence-corrected chi connectivity index (χ1v) is 7.67. The lowest BCUT2D eigenvalue weighted by Crippen LogP contribution is -2.13. The normalized spacial score (nSPS) is 10.8. The number of nitro benzene ring substituents is 1. The quantitative estimate of drug-likeness (QED) is 0.470. The molecule has 112 valence electrons. The Labute approximate surface area is 132 Å². The van der Waals surface area contributed by atoms with Crippen LogP contribution in [-0.4, -0.2) is 16.0 Å². The van der Waals surface area contributed by atoms with E-state index in [0.29, 0.717) is 6.54 Å². The van der Waals surface area contributed by atoms with Gasteiger partial charge in [0.2, 0.25) is 0 Å². The van der Waals surface area contributed by atoms with Crippen molar-refractivity contribution in [3.05, 3.63) is 62.4 Å². The standard InChI is InChI=1S/C15H18BrN3O2/c1-2-6-17-9-12-5-7-18(10-12)11-13-3-4-14(19(20)21)8-15(13)16/h3-5,7-8,10,17H,2,6,9,11H2,1H3. The van der Waals surface area contributed by atoms with Crippen molar-refractivity contribution in [3.8, 4) is 0 Å². The molecule has 1 heterocycles. The highest BCUT2D eigenvalue weighted by atomic mass is 79.9. The van der Waals surface area contributed by atoms with Gasteiger partial charge in [0.15, 0.2) is 0 Å². The summed E-state index contributed by atoms with van der Waals surface area (Å²) in [6, 6.07) is 6.95. The van der Waals surface area contributed by atoms with E-state index in [9.17, 15) is 10.1 Å². The fraction of sp³-hybridized carbons (Fsp3) is 0.333. The van der Waals surface area contributed by atoms with Gasteiger partial charge >= 0.3 is 0 Å². The third kappa shape index (κ3) is 4.41. The first kappa shape index (κ1) is 15.7. The Balaban J connectivity index is 2.03. The van der Waals surface area contributed by atoms with Gasteiger partial charge in [-0.1, -0.05) is 22.9 Å². The molecular weight excluding hydrogens is 334 g/mol. The Morgan fingerprint density at radius 2 is 2.19 bits per heavy atom. The first-order chi connectivity index (χ1) is 10.1. The summed E-state index contributed by atoms with van der Waals surface area (Å²) in [6.45, 7) is 4.71. The van der Waals surface area contributed by atoms with Crippen LogP contribution in [0, 0.1) is 10.1 Å². The van der Waals surface area contributed by atoms with Gasteiger partial charge in [0.05, 0.1) is 4.92 Å². The molecule has 2 aromatic rings. The topological polar surface area (TPSA) is 60.1 Å². The van der Waals surface area contributed by atoms with Crippen molar-refractivity contribution < 1.29 is 4.92 Å². The molecule has 0 radical (unpaired) electrons. The van der Waals surface area contributed by atoms with Crippen molar-refractivity contribution in [1.82, 2.24) is 9.88 Å². The zero-order valence-electron chi connectivity index (χ0n) is 11.9. The summed E-state index contributed by atoms with van der Waals surface area (Å²) in [5.41, 5.74) is 2.35. The second kappa shape index (κ2) is 7.38. The Morgan fingerprint density at radius 3 is 2.86 bits per heavy atom. The van der Waals surface area contributed by atoms with Crippen LogP contribution in [0.1, 0.15) is 24.5 Å². The summed E-state index contributed by atoms with van der Waals surface area (Å²) in [7, 11) is 0. The summed E-state index contributed by atoms with van der Waals surface area (Å²) in [6.07, 6.45) is 5.24. The predicted molar refractivity (Wildman–Crippen MR) is 86.3 cm³/mol. The molecule has 6 heteroatoms. The lowest BCUT2D eigenvalue weighted by Gasteiger charge is -2.06. The lowest BCUT2D eigenvalue weighted by molar-refractivity contribution is -0.384. The molecule has 0 bridgehead atoms. The number of rotatable bonds is 7. The molecule has 0 saturated heterocycles. The number of benzene rings is 1. The van der Waals surface area contributed by atoms with E-state index in [-0.39, 0.29) is 10.6 Å². The van der Waals surface area contributed by atoms with E-state index in [1.54, 1.807) is 12.1 Å². The van der Waals surface area contributed by atoms with Gasteiger partial charge in [0, 0.05) is 42.1 Å². The van der Waals surface area contributed by atoms with Crippen LogP contribution in [0.2, 0.25) is 0 Å². The van der Waals surface area contributed by atoms with E-state index in [2.05, 4.69) is 45.0 Å². The number of nitro groups is 1. The zero-order chi connectivity index (χ0) is 15.2. The molecule has 0 atom stereocenters. The van der Waals surface area contributed by atoms with Gasteiger partial charge in [0.25, 0.3) is 5.69 Å². The zero-order valence-corrected chi connectivity index (χ0v) is 13.5. The molecule has 1 aromatic heterocycles. The summed E-state index contributed by atoms with van der Waals surface area (Å²) >= 11 is 3.40. The van der Waals surface area contributed by atoms with Crippen molar-refractivity contribution >= 4 is 21.6 Å². The van der Waals surface area contributed by atoms with Crippen LogP contribution < -0.4 is 5.32 Å². The molecule has 5 nitrogen and oxygen atoms in total. The fourth-order valence-corrected chi connectivity index (χ4v) is 2.57. The van der Waals surface area contributed by atoms with Crippen molar-refractivity contribution in [2.45, 2.75) is 26.4 Å². The van der Waals surface area contributed by atoms with E-state index in [1.165, 1.54) is 11.6 Å². The Hall–Kier alpha value is -1.66. The van der Waals surface area contributed by atoms with Crippen LogP contribution in [0.5, 0.6) is 0 Å². The Morgan fingerprint density at radius 1 is 1.38 bits per heavy atom. The maximum absolute atomic E-state index is 10.7. The van der Waals surface area contributed by atoms with Crippen LogP contribution in [0.15, 0.2) is 41.1 Å². The number of non-ortho nitro benzene ring substituents is 1. The molecule has 0 aliphatic carbocycles. The van der Waals surface area contributed by atoms with E-state index in [1.807, 2.05) is 6.20 Å². The molecule has 2 rings (SSSR count). The highest BCUT2D eigenvalue weighted by Crippen LogP contribution is 2.23. The smallest absolute Gasteiger partial charge is 0.270 e. The fourth-order valence-electron chi connectivity index (χ4n) is 2.08. The molecule has 1 aromatic carbocycles. The van der Waals surface area contributed by atoms with Crippen molar-refractivity contribution in [2.24, 2.45) is 0 Å². The average Bonchev–Trinajstić information content (AvgIpc) is 2.89. The second-order valence-electron chi connectivity index (χ2n) is 4.90. The Bertz CT molecular complexity index is 625. The third-order valence-electron chi connectivity index (χ3n) is 3.17. The summed E-state index contributed by atoms with van der Waals surface area (Å²) < 4.78 is 2.84. The largest absolute Gasteiger partial charge is 0.350 e. The van der Waals surface area contributed by atoms with E-state index >= 15 is 0 Å². The van der Waals surface area contributed by atoms with Gasteiger partial charge in [0.1, 0.15) is 0 Å². The van der Waals surface area contributed by atoms with Crippen LogP contribution in [0.4, 0.5) is 5.69 Å². The van der Waals surface area contributed by atoms with Crippen LogP contribution in [0.25, 0.3) is 0 Å². The maximum Gasteiger partial charge on any atom is 0.270 e. The SMILES string of the molecule is CCCNCc1ccn(Cc2ccc([N+](=O)[O-])cc2Br)c1. The highest BCUT2D eigenvalue weighted by molar-refractivity contribution is 9.10. The maximum atomic E-state index is 10.7. The Kier molecular flexibility index (Phi) is 5.52. The van der Waals surface area contributed by atoms with Gasteiger partial charge in [-0.05, 0) is 36.2 Å². The molecule has 0 fully saturated rings. The molecule has 0 unspecified atom stereocenters. The molecule has 0 aliphatic rings. The lowest BCUT2D eigenvalue weighted by atomic mass is 10.2. The number of nitrogens with one attached hydrogen (secondary N) is 1. The number of nitrogens with zero attached hydrogens (tertiary/aromatic N) is 2. The molecular formula is C15H18BrN3O2. The van der Waals surface area contributed by atoms with Crippen molar-refractivity contribution in [2.75, 3.05) is 6.54 Å². The minimum atomic E-state index is -0.387. The molecule has 1 N–H and O–H groups in total. The van der Waals surface area contributed by atoms with Gasteiger partial charge in [-0.3, -0.25) is 10.1 Å². The molecule has 0 amide bonds. The van der Waals surface area contributed by atoms with Gasteiger partial charge in [-0.2, -0.15) is 0 Å². The van der Waals surface area contributed by atoms with E-state index in [4.69, 9.17) is 0 Å². The van der Waals surface area contributed by atoms with Crippen LogP contribution >= 0.6 is 15.9 Å². The highest BCUT2D eigenvalue weighted by Gasteiger charge is 2.09. The van der Waals surface area contributed by atoms with Crippen LogP contribution in [-0.2, 0) is 13.1 Å². The predicted octanol–water partition coefficient (Wildman–Crippen LogP) is 3.71. The third-order valence-corrected chi connectivity index (χ3v) is 3.91. The van der Waals surface area contributed by atoms with Crippen molar-refractivity contribution in [3.63, 3.8) is 0 Å². The summed E-state index contributed by atoms with van der Waals surface area (Å²) in [5.74, 6) is 0. The second-order valence-corrected chi connectivity index (χ2v) is 5.76. The number of hydrogen-bond acceptors (Lipinski definition) is 3. The van der Waals surface area contributed by atoms with Crippen LogP contribution in [0.3, 0.4) is 0 Å². The van der Waals surface area contributed by atoms with E-state index in [0.717, 1.165) is 29.5 Å².